The SMILES string of the molecule is FC(F)(F)[s+]1c(C2CCCCC2)cc2cc(Cl)ccc21.[Cl-]. The summed E-state index contributed by atoms with van der Waals surface area (Å²) in [6.07, 6.45) is 4.98. The predicted molar refractivity (Wildman–Crippen MR) is 78.6 cm³/mol. The molecule has 1 aromatic heterocycles. The van der Waals surface area contributed by atoms with Gasteiger partial charge in [0.25, 0.3) is 0 Å². The lowest BCUT2D eigenvalue weighted by Crippen LogP contribution is -3.00. The molecule has 0 bridgehead atoms. The lowest BCUT2D eigenvalue weighted by molar-refractivity contribution is -0.0868. The second-order valence-corrected chi connectivity index (χ2v) is 7.74. The van der Waals surface area contributed by atoms with Crippen LogP contribution in [0.3, 0.4) is 0 Å². The third-order valence-corrected chi connectivity index (χ3v) is 6.40. The highest BCUT2D eigenvalue weighted by atomic mass is 35.5. The summed E-state index contributed by atoms with van der Waals surface area (Å²) in [5.41, 5.74) is -4.19. The molecule has 1 unspecified atom stereocenters. The van der Waals surface area contributed by atoms with Gasteiger partial charge in [0.2, 0.25) is 0 Å². The maximum Gasteiger partial charge on any atom is 0.600 e. The van der Waals surface area contributed by atoms with Gasteiger partial charge in [-0.3, -0.25) is 0 Å². The average molecular weight is 355 g/mol. The lowest BCUT2D eigenvalue weighted by atomic mass is 9.88. The van der Waals surface area contributed by atoms with E-state index in [0.717, 1.165) is 32.1 Å². The molecule has 1 saturated carbocycles. The van der Waals surface area contributed by atoms with Gasteiger partial charge in [-0.05, 0) is 25.0 Å². The van der Waals surface area contributed by atoms with Crippen molar-refractivity contribution in [3.05, 3.63) is 34.2 Å². The smallest absolute Gasteiger partial charge is 0.600 e. The van der Waals surface area contributed by atoms with E-state index in [1.54, 1.807) is 24.3 Å². The maximum absolute atomic E-state index is 13.5. The molecule has 1 atom stereocenters. The van der Waals surface area contributed by atoms with E-state index in [4.69, 9.17) is 11.6 Å². The second kappa shape index (κ2) is 6.35. The Morgan fingerprint density at radius 1 is 1.05 bits per heavy atom. The fraction of sp³-hybridized carbons (Fsp3) is 0.467. The molecule has 6 heteroatoms. The molecule has 1 aromatic carbocycles. The van der Waals surface area contributed by atoms with Crippen molar-refractivity contribution in [2.24, 2.45) is 0 Å². The Hall–Kier alpha value is -0.450. The molecule has 2 aromatic rings. The van der Waals surface area contributed by atoms with E-state index in [1.165, 1.54) is 0 Å². The first-order chi connectivity index (χ1) is 9.47. The highest BCUT2D eigenvalue weighted by Gasteiger charge is 2.49. The molecule has 1 fully saturated rings. The Morgan fingerprint density at radius 2 is 1.71 bits per heavy atom. The molecule has 0 aliphatic heterocycles. The first kappa shape index (κ1) is 16.9. The van der Waals surface area contributed by atoms with Crippen LogP contribution < -0.4 is 12.4 Å². The third-order valence-electron chi connectivity index (χ3n) is 3.96. The van der Waals surface area contributed by atoms with Gasteiger partial charge in [0.05, 0.1) is 10.5 Å². The summed E-state index contributed by atoms with van der Waals surface area (Å²) in [4.78, 5) is 0.578. The minimum Gasteiger partial charge on any atom is -1.00 e. The van der Waals surface area contributed by atoms with E-state index in [1.807, 2.05) is 0 Å². The zero-order chi connectivity index (χ0) is 14.3. The van der Waals surface area contributed by atoms with E-state index >= 15 is 0 Å². The van der Waals surface area contributed by atoms with E-state index < -0.39 is 16.0 Å². The monoisotopic (exact) mass is 354 g/mol. The van der Waals surface area contributed by atoms with Gasteiger partial charge in [-0.25, -0.2) is 0 Å². The Morgan fingerprint density at radius 3 is 2.33 bits per heavy atom. The molecule has 0 radical (unpaired) electrons. The quantitative estimate of drug-likeness (QED) is 0.684. The van der Waals surface area contributed by atoms with Gasteiger partial charge in [-0.15, -0.1) is 13.2 Å². The number of alkyl halides is 3. The number of thiophene rings is 1. The van der Waals surface area contributed by atoms with Crippen LogP contribution in [0.15, 0.2) is 24.3 Å². The summed E-state index contributed by atoms with van der Waals surface area (Å²) in [5.74, 6) is 0.0832. The minimum absolute atomic E-state index is 0. The Kier molecular flexibility index (Phi) is 5.11. The van der Waals surface area contributed by atoms with Crippen molar-refractivity contribution in [2.75, 3.05) is 0 Å². The van der Waals surface area contributed by atoms with Crippen LogP contribution in [0.1, 0.15) is 42.9 Å². The molecule has 116 valence electrons. The van der Waals surface area contributed by atoms with Crippen LogP contribution in [0.4, 0.5) is 13.2 Å². The highest BCUT2D eigenvalue weighted by molar-refractivity contribution is 7.38. The zero-order valence-corrected chi connectivity index (χ0v) is 13.5. The average Bonchev–Trinajstić information content (AvgIpc) is 2.78. The fourth-order valence-electron chi connectivity index (χ4n) is 3.09. The summed E-state index contributed by atoms with van der Waals surface area (Å²) in [6, 6.07) is 6.50. The van der Waals surface area contributed by atoms with Crippen LogP contribution in [0.5, 0.6) is 0 Å². The number of hydrogen-bond donors (Lipinski definition) is 0. The van der Waals surface area contributed by atoms with Crippen molar-refractivity contribution in [2.45, 2.75) is 43.5 Å². The van der Waals surface area contributed by atoms with E-state index in [-0.39, 0.29) is 18.3 Å². The number of hydrogen-bond acceptors (Lipinski definition) is 0. The standard InChI is InChI=1S/C15H15ClF3S.ClH/c16-12-6-7-13-11(8-12)9-14(20(13)15(17,18)19)10-4-2-1-3-5-10;/h6-10H,1-5H2;1H/q+1;/p-1. The molecule has 0 amide bonds. The van der Waals surface area contributed by atoms with E-state index in [9.17, 15) is 13.2 Å². The minimum atomic E-state index is -4.19. The Bertz CT molecular complexity index is 628. The normalized spacial score (nSPS) is 17.8. The topological polar surface area (TPSA) is 0 Å². The van der Waals surface area contributed by atoms with E-state index in [2.05, 4.69) is 0 Å². The lowest BCUT2D eigenvalue weighted by Gasteiger charge is -2.18. The van der Waals surface area contributed by atoms with Crippen LogP contribution >= 0.6 is 22.1 Å². The van der Waals surface area contributed by atoms with Gasteiger partial charge < -0.3 is 12.4 Å². The Balaban J connectivity index is 0.00000161. The molecule has 1 aliphatic carbocycles. The molecule has 0 spiro atoms. The molecular formula is C15H15Cl2F3S. The maximum atomic E-state index is 13.5. The van der Waals surface area contributed by atoms with Gasteiger partial charge >= 0.3 is 5.51 Å². The van der Waals surface area contributed by atoms with Crippen LogP contribution in [0.2, 0.25) is 5.02 Å². The Labute approximate surface area is 135 Å². The molecule has 3 rings (SSSR count). The number of benzene rings is 1. The molecule has 0 N–H and O–H groups in total. The van der Waals surface area contributed by atoms with Gasteiger partial charge in [0, 0.05) is 28.5 Å². The van der Waals surface area contributed by atoms with Gasteiger partial charge in [0.1, 0.15) is 0 Å². The van der Waals surface area contributed by atoms with Crippen molar-refractivity contribution < 1.29 is 25.6 Å². The first-order valence-corrected chi connectivity index (χ1v) is 8.39. The van der Waals surface area contributed by atoms with Gasteiger partial charge in [0.15, 0.2) is 9.58 Å². The van der Waals surface area contributed by atoms with Crippen LogP contribution in [0.25, 0.3) is 10.1 Å². The predicted octanol–water partition coefficient (Wildman–Crippen LogP) is 3.77. The van der Waals surface area contributed by atoms with E-state index in [0.29, 0.717) is 20.0 Å². The van der Waals surface area contributed by atoms with Crippen LogP contribution in [0, 0.1) is 0 Å². The van der Waals surface area contributed by atoms with Crippen LogP contribution in [-0.2, 0) is 5.51 Å². The summed E-state index contributed by atoms with van der Waals surface area (Å²) >= 11 is 5.91. The molecule has 21 heavy (non-hydrogen) atoms. The van der Waals surface area contributed by atoms with Crippen molar-refractivity contribution in [3.63, 3.8) is 0 Å². The molecule has 1 aliphatic rings. The van der Waals surface area contributed by atoms with Crippen LogP contribution in [-0.4, -0.2) is 0 Å². The fourth-order valence-corrected chi connectivity index (χ4v) is 5.41. The summed E-state index contributed by atoms with van der Waals surface area (Å²) in [5, 5.41) is 1.15. The van der Waals surface area contributed by atoms with Gasteiger partial charge in [-0.1, -0.05) is 30.9 Å². The van der Waals surface area contributed by atoms with Crippen molar-refractivity contribution in [1.29, 1.82) is 0 Å². The van der Waals surface area contributed by atoms with Gasteiger partial charge in [-0.2, -0.15) is 0 Å². The first-order valence-electron chi connectivity index (χ1n) is 6.79. The molecule has 0 saturated heterocycles. The molecule has 1 heterocycles. The zero-order valence-electron chi connectivity index (χ0n) is 11.2. The number of fused-ring (bicyclic) bond motifs is 1. The second-order valence-electron chi connectivity index (χ2n) is 5.32. The van der Waals surface area contributed by atoms with Crippen molar-refractivity contribution in [3.8, 4) is 0 Å². The number of rotatable bonds is 1. The van der Waals surface area contributed by atoms with Crippen molar-refractivity contribution >= 4 is 32.2 Å². The number of halogens is 5. The largest absolute Gasteiger partial charge is 1.00 e. The van der Waals surface area contributed by atoms with Crippen molar-refractivity contribution in [1.82, 2.24) is 0 Å². The summed E-state index contributed by atoms with van der Waals surface area (Å²) in [6.45, 7) is 0. The molecule has 0 nitrogen and oxygen atoms in total. The third kappa shape index (κ3) is 3.33. The molecular weight excluding hydrogens is 340 g/mol. The summed E-state index contributed by atoms with van der Waals surface area (Å²) in [7, 11) is -1.76. The summed E-state index contributed by atoms with van der Waals surface area (Å²) < 4.78 is 40.8. The highest BCUT2D eigenvalue weighted by Crippen LogP contribution is 2.55.